The van der Waals surface area contributed by atoms with Gasteiger partial charge in [0.05, 0.1) is 20.1 Å². The van der Waals surface area contributed by atoms with Gasteiger partial charge < -0.3 is 0 Å². The molecule has 222 valence electrons. The number of halogens is 13. The van der Waals surface area contributed by atoms with Crippen LogP contribution >= 0.6 is 39.1 Å². The number of ketones is 1. The molecular weight excluding hydrogens is 693 g/mol. The minimum absolute atomic E-state index is 0.0327. The number of hydrogen-bond donors (Lipinski definition) is 0. The Kier molecular flexibility index (Phi) is 11.3. The third-order valence-corrected chi connectivity index (χ3v) is 8.76. The topological polar surface area (TPSA) is 34.1 Å². The van der Waals surface area contributed by atoms with Crippen LogP contribution in [-0.2, 0) is 17.0 Å². The molecule has 0 aliphatic rings. The van der Waals surface area contributed by atoms with Gasteiger partial charge in [-0.15, -0.1) is 0 Å². The van der Waals surface area contributed by atoms with Crippen molar-refractivity contribution in [2.24, 2.45) is 5.92 Å². The standard InChI is InChI=1S/C24H17BrCl2F10O2S/c1-11(9-40(39)10-22(29,30)31)4-20(38)14-3-2-12(5-16(14)24(35,36)37)19(28)8-15(23(32,33)34)13-6-17(26)21(25)18(27)7-13/h2-3,5-8,11,15H,4,9-10H2,1H3/b19-8-/t11-,15?,40?/m0/s1. The van der Waals surface area contributed by atoms with Crippen LogP contribution in [0, 0.1) is 5.92 Å². The van der Waals surface area contributed by atoms with Crippen molar-refractivity contribution in [3.05, 3.63) is 73.2 Å². The van der Waals surface area contributed by atoms with E-state index >= 15 is 0 Å². The van der Waals surface area contributed by atoms with Gasteiger partial charge >= 0.3 is 18.5 Å². The largest absolute Gasteiger partial charge is 0.417 e. The van der Waals surface area contributed by atoms with Crippen molar-refractivity contribution in [3.63, 3.8) is 0 Å². The molecule has 0 bridgehead atoms. The second kappa shape index (κ2) is 13.1. The Hall–Kier alpha value is -1.64. The van der Waals surface area contributed by atoms with Gasteiger partial charge in [-0.05, 0) is 51.7 Å². The number of allylic oxidation sites excluding steroid dienone is 1. The van der Waals surface area contributed by atoms with Crippen LogP contribution in [0.4, 0.5) is 43.9 Å². The highest BCUT2D eigenvalue weighted by Gasteiger charge is 2.41. The van der Waals surface area contributed by atoms with Crippen LogP contribution in [0.3, 0.4) is 0 Å². The summed E-state index contributed by atoms with van der Waals surface area (Å²) in [6, 6.07) is 3.08. The van der Waals surface area contributed by atoms with E-state index in [2.05, 4.69) is 15.9 Å². The number of benzene rings is 2. The van der Waals surface area contributed by atoms with Crippen molar-refractivity contribution >= 4 is 61.5 Å². The molecule has 0 aromatic heterocycles. The van der Waals surface area contributed by atoms with Gasteiger partial charge in [-0.2, -0.15) is 39.5 Å². The van der Waals surface area contributed by atoms with Gasteiger partial charge in [-0.3, -0.25) is 9.00 Å². The number of Topliss-reactive ketones (excluding diaryl/α,β-unsaturated/α-hetero) is 1. The minimum Gasteiger partial charge on any atom is -0.294 e. The molecule has 0 N–H and O–H groups in total. The predicted molar refractivity (Wildman–Crippen MR) is 136 cm³/mol. The maximum Gasteiger partial charge on any atom is 0.417 e. The van der Waals surface area contributed by atoms with Crippen molar-refractivity contribution in [1.29, 1.82) is 0 Å². The molecular formula is C24H17BrCl2F10O2S. The summed E-state index contributed by atoms with van der Waals surface area (Å²) >= 11 is 14.6. The summed E-state index contributed by atoms with van der Waals surface area (Å²) in [6.45, 7) is 1.22. The van der Waals surface area contributed by atoms with Gasteiger partial charge in [0.25, 0.3) is 0 Å². The Morgan fingerprint density at radius 1 is 1.00 bits per heavy atom. The van der Waals surface area contributed by atoms with E-state index in [1.807, 2.05) is 0 Å². The SMILES string of the molecule is C[C@@H](CC(=O)c1ccc(/C(F)=C/C(c2cc(Cl)c(Br)c(Cl)c2)C(F)(F)F)cc1C(F)(F)F)CS(=O)CC(F)(F)F. The molecule has 2 rings (SSSR count). The summed E-state index contributed by atoms with van der Waals surface area (Å²) in [4.78, 5) is 12.5. The molecule has 0 fully saturated rings. The molecule has 0 spiro atoms. The smallest absolute Gasteiger partial charge is 0.294 e. The maximum atomic E-state index is 15.0. The van der Waals surface area contributed by atoms with Crippen LogP contribution in [0.15, 0.2) is 40.9 Å². The third kappa shape index (κ3) is 9.73. The number of alkyl halides is 9. The summed E-state index contributed by atoms with van der Waals surface area (Å²) in [7, 11) is -2.43. The summed E-state index contributed by atoms with van der Waals surface area (Å²) in [5.41, 5.74) is -4.16. The molecule has 0 saturated heterocycles. The highest BCUT2D eigenvalue weighted by atomic mass is 79.9. The fraction of sp³-hybridized carbons (Fsp3) is 0.375. The second-order valence-corrected chi connectivity index (χ2v) is 11.8. The fourth-order valence-corrected chi connectivity index (χ4v) is 5.56. The lowest BCUT2D eigenvalue weighted by atomic mass is 9.93. The highest BCUT2D eigenvalue weighted by Crippen LogP contribution is 2.43. The van der Waals surface area contributed by atoms with E-state index in [1.165, 1.54) is 6.92 Å². The van der Waals surface area contributed by atoms with Crippen LogP contribution < -0.4 is 0 Å². The highest BCUT2D eigenvalue weighted by molar-refractivity contribution is 9.10. The molecule has 2 unspecified atom stereocenters. The number of carbonyl (C=O) groups is 1. The Labute approximate surface area is 242 Å². The van der Waals surface area contributed by atoms with Crippen molar-refractivity contribution < 1.29 is 52.9 Å². The van der Waals surface area contributed by atoms with Gasteiger partial charge in [-0.1, -0.05) is 42.3 Å². The molecule has 0 aliphatic heterocycles. The molecule has 0 amide bonds. The van der Waals surface area contributed by atoms with Crippen LogP contribution in [0.25, 0.3) is 5.83 Å². The van der Waals surface area contributed by atoms with E-state index in [-0.39, 0.29) is 26.7 Å². The first-order chi connectivity index (χ1) is 18.1. The van der Waals surface area contributed by atoms with E-state index in [1.54, 1.807) is 0 Å². The lowest BCUT2D eigenvalue weighted by molar-refractivity contribution is -0.140. The summed E-state index contributed by atoms with van der Waals surface area (Å²) in [5.74, 6) is -8.83. The molecule has 2 nitrogen and oxygen atoms in total. The van der Waals surface area contributed by atoms with Crippen molar-refractivity contribution in [3.8, 4) is 0 Å². The number of carbonyl (C=O) groups excluding carboxylic acids is 1. The van der Waals surface area contributed by atoms with Gasteiger partial charge in [0, 0.05) is 34.1 Å². The molecule has 0 aliphatic carbocycles. The molecule has 0 heterocycles. The van der Waals surface area contributed by atoms with Gasteiger partial charge in [0.15, 0.2) is 5.78 Å². The zero-order valence-electron chi connectivity index (χ0n) is 19.9. The average Bonchev–Trinajstić information content (AvgIpc) is 2.77. The van der Waals surface area contributed by atoms with Gasteiger partial charge in [0.1, 0.15) is 17.5 Å². The lowest BCUT2D eigenvalue weighted by Crippen LogP contribution is -2.24. The van der Waals surface area contributed by atoms with Crippen molar-refractivity contribution in [2.45, 2.75) is 37.8 Å². The predicted octanol–water partition coefficient (Wildman–Crippen LogP) is 9.95. The average molecular weight is 710 g/mol. The summed E-state index contributed by atoms with van der Waals surface area (Å²) in [6.07, 6.45) is -15.8. The summed E-state index contributed by atoms with van der Waals surface area (Å²) in [5, 5.41) is -0.464. The monoisotopic (exact) mass is 708 g/mol. The Morgan fingerprint density at radius 3 is 2.02 bits per heavy atom. The second-order valence-electron chi connectivity index (χ2n) is 8.69. The molecule has 0 saturated carbocycles. The molecule has 0 radical (unpaired) electrons. The van der Waals surface area contributed by atoms with Crippen molar-refractivity contribution in [2.75, 3.05) is 11.5 Å². The first-order valence-electron chi connectivity index (χ1n) is 10.8. The van der Waals surface area contributed by atoms with Crippen molar-refractivity contribution in [1.82, 2.24) is 0 Å². The molecule has 2 aromatic carbocycles. The quantitative estimate of drug-likeness (QED) is 0.148. The van der Waals surface area contributed by atoms with Crippen LogP contribution in [0.2, 0.25) is 10.0 Å². The normalized spacial score (nSPS) is 15.6. The Morgan fingerprint density at radius 2 is 1.55 bits per heavy atom. The molecule has 3 atom stereocenters. The van der Waals surface area contributed by atoms with E-state index in [0.717, 1.165) is 12.1 Å². The van der Waals surface area contributed by atoms with E-state index in [4.69, 9.17) is 23.2 Å². The first kappa shape index (κ1) is 34.6. The first-order valence-corrected chi connectivity index (χ1v) is 13.9. The minimum atomic E-state index is -5.25. The number of rotatable bonds is 9. The maximum absolute atomic E-state index is 15.0. The van der Waals surface area contributed by atoms with Crippen LogP contribution in [0.5, 0.6) is 0 Å². The third-order valence-electron chi connectivity index (χ3n) is 5.26. The zero-order valence-corrected chi connectivity index (χ0v) is 23.8. The van der Waals surface area contributed by atoms with Gasteiger partial charge in [0.2, 0.25) is 0 Å². The molecule has 16 heteroatoms. The van der Waals surface area contributed by atoms with E-state index in [0.29, 0.717) is 12.1 Å². The van der Waals surface area contributed by atoms with Crippen LogP contribution in [0.1, 0.15) is 46.3 Å². The van der Waals surface area contributed by atoms with E-state index in [9.17, 15) is 52.9 Å². The molecule has 2 aromatic rings. The van der Waals surface area contributed by atoms with Gasteiger partial charge in [-0.25, -0.2) is 4.39 Å². The van der Waals surface area contributed by atoms with E-state index < -0.39 is 93.0 Å². The fourth-order valence-electron chi connectivity index (χ4n) is 3.59. The van der Waals surface area contributed by atoms with Crippen LogP contribution in [-0.4, -0.2) is 33.9 Å². The Balaban J connectivity index is 2.44. The molecule has 40 heavy (non-hydrogen) atoms. The lowest BCUT2D eigenvalue weighted by Gasteiger charge is -2.19. The zero-order chi connectivity index (χ0) is 30.8. The number of hydrogen-bond acceptors (Lipinski definition) is 2. The summed E-state index contributed by atoms with van der Waals surface area (Å²) < 4.78 is 146. The Bertz CT molecular complexity index is 1280.